The molecule has 2 heterocycles. The van der Waals surface area contributed by atoms with Crippen LogP contribution in [-0.2, 0) is 21.1 Å². The zero-order valence-corrected chi connectivity index (χ0v) is 15.2. The number of hydrogen-bond donors (Lipinski definition) is 2. The molecule has 1 aromatic heterocycles. The lowest BCUT2D eigenvalue weighted by atomic mass is 10.0. The van der Waals surface area contributed by atoms with Crippen LogP contribution in [0.25, 0.3) is 10.9 Å². The third-order valence-corrected chi connectivity index (χ3v) is 6.29. The highest BCUT2D eigenvalue weighted by molar-refractivity contribution is 7.91. The average Bonchev–Trinajstić information content (AvgIpc) is 2.85. The second-order valence-corrected chi connectivity index (χ2v) is 9.20. The standard InChI is InChI=1S/C18H22N2O4S/c1-11(2)15-9-13-7-12(3-4-16(13)20-18(15)22)8-17(21)19-14-5-6-25(23,24)10-14/h3-4,7,9,11,14H,5-6,8,10H2,1-2H3,(H,19,21)(H,20,22). The van der Waals surface area contributed by atoms with Crippen molar-refractivity contribution < 1.29 is 13.2 Å². The van der Waals surface area contributed by atoms with E-state index < -0.39 is 9.84 Å². The van der Waals surface area contributed by atoms with E-state index >= 15 is 0 Å². The van der Waals surface area contributed by atoms with E-state index in [0.29, 0.717) is 12.0 Å². The van der Waals surface area contributed by atoms with E-state index in [4.69, 9.17) is 0 Å². The van der Waals surface area contributed by atoms with Crippen molar-refractivity contribution in [3.63, 3.8) is 0 Å². The van der Waals surface area contributed by atoms with Crippen LogP contribution in [0.5, 0.6) is 0 Å². The molecule has 1 aliphatic rings. The van der Waals surface area contributed by atoms with Gasteiger partial charge in [-0.25, -0.2) is 8.42 Å². The molecule has 1 aromatic carbocycles. The Kier molecular flexibility index (Phi) is 4.69. The Hall–Kier alpha value is -2.15. The molecular weight excluding hydrogens is 340 g/mol. The van der Waals surface area contributed by atoms with Gasteiger partial charge in [-0.15, -0.1) is 0 Å². The number of fused-ring (bicyclic) bond motifs is 1. The Morgan fingerprint density at radius 3 is 2.72 bits per heavy atom. The summed E-state index contributed by atoms with van der Waals surface area (Å²) in [5.74, 6) is 0.0914. The van der Waals surface area contributed by atoms with Crippen LogP contribution in [0.4, 0.5) is 0 Å². The van der Waals surface area contributed by atoms with E-state index in [1.165, 1.54) is 0 Å². The molecule has 0 saturated carbocycles. The SMILES string of the molecule is CC(C)c1cc2cc(CC(=O)NC3CCS(=O)(=O)C3)ccc2[nH]c1=O. The van der Waals surface area contributed by atoms with Crippen molar-refractivity contribution in [2.45, 2.75) is 38.6 Å². The second kappa shape index (κ2) is 6.63. The number of aromatic nitrogens is 1. The van der Waals surface area contributed by atoms with E-state index in [-0.39, 0.29) is 41.4 Å². The Labute approximate surface area is 146 Å². The molecule has 0 spiro atoms. The molecule has 1 unspecified atom stereocenters. The van der Waals surface area contributed by atoms with Gasteiger partial charge in [-0.3, -0.25) is 9.59 Å². The van der Waals surface area contributed by atoms with Crippen LogP contribution in [0.1, 0.15) is 37.3 Å². The Morgan fingerprint density at radius 1 is 1.32 bits per heavy atom. The summed E-state index contributed by atoms with van der Waals surface area (Å²) in [5.41, 5.74) is 2.19. The first-order chi connectivity index (χ1) is 11.7. The molecule has 1 atom stereocenters. The molecule has 1 saturated heterocycles. The quantitative estimate of drug-likeness (QED) is 0.861. The van der Waals surface area contributed by atoms with Gasteiger partial charge in [0.05, 0.1) is 17.9 Å². The van der Waals surface area contributed by atoms with Crippen LogP contribution in [0, 0.1) is 0 Å². The first kappa shape index (κ1) is 17.7. The molecule has 1 fully saturated rings. The molecular formula is C18H22N2O4S. The van der Waals surface area contributed by atoms with Crippen molar-refractivity contribution >= 4 is 26.6 Å². The maximum atomic E-state index is 12.2. The van der Waals surface area contributed by atoms with Gasteiger partial charge in [0, 0.05) is 17.1 Å². The van der Waals surface area contributed by atoms with Gasteiger partial charge in [-0.2, -0.15) is 0 Å². The first-order valence-electron chi connectivity index (χ1n) is 8.39. The van der Waals surface area contributed by atoms with Gasteiger partial charge in [-0.05, 0) is 41.5 Å². The fourth-order valence-electron chi connectivity index (χ4n) is 3.18. The summed E-state index contributed by atoms with van der Waals surface area (Å²) in [5, 5.41) is 3.68. The highest BCUT2D eigenvalue weighted by atomic mass is 32.2. The number of aromatic amines is 1. The summed E-state index contributed by atoms with van der Waals surface area (Å²) >= 11 is 0. The van der Waals surface area contributed by atoms with E-state index in [9.17, 15) is 18.0 Å². The van der Waals surface area contributed by atoms with Crippen LogP contribution in [0.15, 0.2) is 29.1 Å². The topological polar surface area (TPSA) is 96.1 Å². The summed E-state index contributed by atoms with van der Waals surface area (Å²) in [6, 6.07) is 7.06. The van der Waals surface area contributed by atoms with Crippen LogP contribution in [0.3, 0.4) is 0 Å². The number of carbonyl (C=O) groups excluding carboxylic acids is 1. The minimum absolute atomic E-state index is 0.0233. The predicted molar refractivity (Wildman–Crippen MR) is 97.6 cm³/mol. The summed E-state index contributed by atoms with van der Waals surface area (Å²) in [6.45, 7) is 3.92. The van der Waals surface area contributed by atoms with Crippen LogP contribution >= 0.6 is 0 Å². The van der Waals surface area contributed by atoms with E-state index in [1.807, 2.05) is 26.0 Å². The monoisotopic (exact) mass is 362 g/mol. The van der Waals surface area contributed by atoms with Crippen molar-refractivity contribution in [1.29, 1.82) is 0 Å². The molecule has 25 heavy (non-hydrogen) atoms. The molecule has 7 heteroatoms. The minimum Gasteiger partial charge on any atom is -0.352 e. The van der Waals surface area contributed by atoms with E-state index in [1.54, 1.807) is 12.1 Å². The Morgan fingerprint density at radius 2 is 2.08 bits per heavy atom. The molecule has 2 aromatic rings. The number of nitrogens with one attached hydrogen (secondary N) is 2. The van der Waals surface area contributed by atoms with Gasteiger partial charge in [0.15, 0.2) is 9.84 Å². The molecule has 1 aliphatic heterocycles. The van der Waals surface area contributed by atoms with Crippen molar-refractivity contribution in [2.75, 3.05) is 11.5 Å². The third-order valence-electron chi connectivity index (χ3n) is 4.52. The molecule has 0 bridgehead atoms. The zero-order valence-electron chi connectivity index (χ0n) is 14.3. The maximum Gasteiger partial charge on any atom is 0.251 e. The summed E-state index contributed by atoms with van der Waals surface area (Å²) in [7, 11) is -3.01. The molecule has 0 aliphatic carbocycles. The third kappa shape index (κ3) is 4.10. The van der Waals surface area contributed by atoms with Gasteiger partial charge in [0.25, 0.3) is 5.56 Å². The predicted octanol–water partition coefficient (Wildman–Crippen LogP) is 1.50. The Bertz CT molecular complexity index is 976. The van der Waals surface area contributed by atoms with E-state index in [2.05, 4.69) is 10.3 Å². The molecule has 3 rings (SSSR count). The molecule has 2 N–H and O–H groups in total. The number of carbonyl (C=O) groups is 1. The first-order valence-corrected chi connectivity index (χ1v) is 10.2. The van der Waals surface area contributed by atoms with Gasteiger partial charge in [-0.1, -0.05) is 19.9 Å². The lowest BCUT2D eigenvalue weighted by Crippen LogP contribution is -2.36. The molecule has 0 radical (unpaired) electrons. The van der Waals surface area contributed by atoms with Crippen LogP contribution in [0.2, 0.25) is 0 Å². The van der Waals surface area contributed by atoms with Crippen LogP contribution < -0.4 is 10.9 Å². The molecule has 1 amide bonds. The van der Waals surface area contributed by atoms with Gasteiger partial charge >= 0.3 is 0 Å². The zero-order chi connectivity index (χ0) is 18.2. The number of rotatable bonds is 4. The largest absolute Gasteiger partial charge is 0.352 e. The van der Waals surface area contributed by atoms with Gasteiger partial charge in [0.2, 0.25) is 5.91 Å². The minimum atomic E-state index is -3.01. The number of amides is 1. The van der Waals surface area contributed by atoms with Crippen LogP contribution in [-0.4, -0.2) is 36.9 Å². The lowest BCUT2D eigenvalue weighted by Gasteiger charge is -2.11. The average molecular weight is 362 g/mol. The van der Waals surface area contributed by atoms with Crippen molar-refractivity contribution in [3.05, 3.63) is 45.7 Å². The smallest absolute Gasteiger partial charge is 0.251 e. The molecule has 6 nitrogen and oxygen atoms in total. The summed E-state index contributed by atoms with van der Waals surface area (Å²) < 4.78 is 22.9. The highest BCUT2D eigenvalue weighted by Crippen LogP contribution is 2.18. The highest BCUT2D eigenvalue weighted by Gasteiger charge is 2.28. The van der Waals surface area contributed by atoms with Gasteiger partial charge in [0.1, 0.15) is 0 Å². The number of H-pyrrole nitrogens is 1. The van der Waals surface area contributed by atoms with Crippen molar-refractivity contribution in [3.8, 4) is 0 Å². The second-order valence-electron chi connectivity index (χ2n) is 6.97. The van der Waals surface area contributed by atoms with Crippen molar-refractivity contribution in [1.82, 2.24) is 10.3 Å². The van der Waals surface area contributed by atoms with Gasteiger partial charge < -0.3 is 10.3 Å². The van der Waals surface area contributed by atoms with E-state index in [0.717, 1.165) is 16.5 Å². The number of hydrogen-bond acceptors (Lipinski definition) is 4. The fraction of sp³-hybridized carbons (Fsp3) is 0.444. The normalized spacial score (nSPS) is 19.4. The number of benzene rings is 1. The number of pyridine rings is 1. The number of sulfone groups is 1. The Balaban J connectivity index is 1.76. The summed E-state index contributed by atoms with van der Waals surface area (Å²) in [6.07, 6.45) is 0.660. The fourth-order valence-corrected chi connectivity index (χ4v) is 4.86. The molecule has 134 valence electrons. The van der Waals surface area contributed by atoms with Crippen molar-refractivity contribution in [2.24, 2.45) is 0 Å². The lowest BCUT2D eigenvalue weighted by molar-refractivity contribution is -0.120. The maximum absolute atomic E-state index is 12.2. The summed E-state index contributed by atoms with van der Waals surface area (Å²) in [4.78, 5) is 27.1.